The molecule has 0 aromatic heterocycles. The first-order chi connectivity index (χ1) is 18.4. The Bertz CT molecular complexity index is 1200. The van der Waals surface area contributed by atoms with Gasteiger partial charge in [-0.1, -0.05) is 54.6 Å². The van der Waals surface area contributed by atoms with E-state index in [1.807, 2.05) is 0 Å². The highest BCUT2D eigenvalue weighted by molar-refractivity contribution is 5.74. The third-order valence-electron chi connectivity index (χ3n) is 6.58. The molecule has 0 unspecified atom stereocenters. The van der Waals surface area contributed by atoms with Crippen LogP contribution in [0.2, 0.25) is 0 Å². The van der Waals surface area contributed by atoms with E-state index >= 15 is 0 Å². The Morgan fingerprint density at radius 2 is 1.31 bits per heavy atom. The lowest BCUT2D eigenvalue weighted by atomic mass is 9.70. The number of carbonyl (C=O) groups is 1. The Morgan fingerprint density at radius 1 is 0.769 bits per heavy atom. The Morgan fingerprint density at radius 3 is 1.77 bits per heavy atom. The lowest BCUT2D eigenvalue weighted by Crippen LogP contribution is -2.50. The zero-order valence-electron chi connectivity index (χ0n) is 20.6. The number of urea groups is 1. The highest BCUT2D eigenvalue weighted by Crippen LogP contribution is 2.40. The first-order valence-electron chi connectivity index (χ1n) is 12.2. The molecule has 2 amide bonds. The fourth-order valence-electron chi connectivity index (χ4n) is 4.58. The van der Waals surface area contributed by atoms with Gasteiger partial charge < -0.3 is 20.1 Å². The third kappa shape index (κ3) is 7.81. The molecule has 1 saturated carbocycles. The predicted molar refractivity (Wildman–Crippen MR) is 131 cm³/mol. The molecule has 5 nitrogen and oxygen atoms in total. The minimum atomic E-state index is -4.96. The first-order valence-corrected chi connectivity index (χ1v) is 12.2. The topological polar surface area (TPSA) is 59.6 Å². The van der Waals surface area contributed by atoms with Gasteiger partial charge in [0.1, 0.15) is 11.5 Å². The molecule has 1 fully saturated rings. The second-order valence-electron chi connectivity index (χ2n) is 9.35. The van der Waals surface area contributed by atoms with Crippen molar-refractivity contribution in [3.63, 3.8) is 0 Å². The maximum absolute atomic E-state index is 13.1. The van der Waals surface area contributed by atoms with E-state index in [0.717, 1.165) is 37.0 Å². The summed E-state index contributed by atoms with van der Waals surface area (Å²) < 4.78 is 86.6. The molecule has 4 rings (SSSR count). The molecule has 3 aromatic rings. The third-order valence-corrected chi connectivity index (χ3v) is 6.58. The van der Waals surface area contributed by atoms with Crippen molar-refractivity contribution < 1.29 is 40.6 Å². The number of hydrogen-bond acceptors (Lipinski definition) is 3. The van der Waals surface area contributed by atoms with Gasteiger partial charge in [0.25, 0.3) is 0 Å². The summed E-state index contributed by atoms with van der Waals surface area (Å²) >= 11 is 0. The molecule has 1 aliphatic rings. The molecule has 0 bridgehead atoms. The van der Waals surface area contributed by atoms with Crippen molar-refractivity contribution in [2.75, 3.05) is 6.54 Å². The van der Waals surface area contributed by atoms with Crippen molar-refractivity contribution >= 4 is 6.03 Å². The van der Waals surface area contributed by atoms with Crippen molar-refractivity contribution in [2.45, 2.75) is 49.9 Å². The summed E-state index contributed by atoms with van der Waals surface area (Å²) in [4.78, 5) is 12.7. The fraction of sp³-hybridized carbons (Fsp3) is 0.321. The average molecular weight is 553 g/mol. The molecule has 1 aliphatic carbocycles. The van der Waals surface area contributed by atoms with Crippen LogP contribution in [0.3, 0.4) is 0 Å². The van der Waals surface area contributed by atoms with Crippen LogP contribution in [0, 0.1) is 0 Å². The van der Waals surface area contributed by atoms with E-state index in [1.54, 1.807) is 42.5 Å². The van der Waals surface area contributed by atoms with Gasteiger partial charge in [0, 0.05) is 18.0 Å². The molecule has 208 valence electrons. The normalized spacial score (nSPS) is 14.3. The molecular formula is C28H26F6N2O3. The quantitative estimate of drug-likeness (QED) is 0.285. The van der Waals surface area contributed by atoms with E-state index in [0.29, 0.717) is 11.1 Å². The summed E-state index contributed by atoms with van der Waals surface area (Å²) in [5.41, 5.74) is 0.0132. The summed E-state index contributed by atoms with van der Waals surface area (Å²) in [5, 5.41) is 5.64. The molecule has 0 radical (unpaired) electrons. The molecule has 0 atom stereocenters. The summed E-state index contributed by atoms with van der Waals surface area (Å²) in [6, 6.07) is 18.9. The number of hydrogen-bond donors (Lipinski definition) is 2. The van der Waals surface area contributed by atoms with Crippen molar-refractivity contribution in [2.24, 2.45) is 0 Å². The predicted octanol–water partition coefficient (Wildman–Crippen LogP) is 6.86. The first kappa shape index (κ1) is 28.1. The molecular weight excluding hydrogens is 526 g/mol. The molecule has 0 spiro atoms. The maximum Gasteiger partial charge on any atom is 0.573 e. The number of carbonyl (C=O) groups excluding carboxylic acids is 1. The number of halogens is 6. The molecule has 39 heavy (non-hydrogen) atoms. The van der Waals surface area contributed by atoms with E-state index < -0.39 is 35.7 Å². The Balaban J connectivity index is 1.82. The van der Waals surface area contributed by atoms with E-state index in [9.17, 15) is 31.1 Å². The summed E-state index contributed by atoms with van der Waals surface area (Å²) in [5.74, 6) is -1.00. The zero-order valence-corrected chi connectivity index (χ0v) is 20.6. The molecule has 11 heteroatoms. The largest absolute Gasteiger partial charge is 0.573 e. The van der Waals surface area contributed by atoms with E-state index in [-0.39, 0.29) is 19.0 Å². The van der Waals surface area contributed by atoms with Gasteiger partial charge in [-0.15, -0.1) is 26.3 Å². The van der Waals surface area contributed by atoms with E-state index in [2.05, 4.69) is 20.1 Å². The van der Waals surface area contributed by atoms with Gasteiger partial charge in [0.05, 0.1) is 0 Å². The SMILES string of the molecule is O=C(NCC(Cc1ccccc1)(c1cccc(OC(F)(F)F)c1)c1cccc(OC(F)(F)F)c1)NC1CCC1. The van der Waals surface area contributed by atoms with E-state index in [1.165, 1.54) is 24.3 Å². The molecule has 3 aromatic carbocycles. The number of amides is 2. The van der Waals surface area contributed by atoms with Gasteiger partial charge in [0.15, 0.2) is 0 Å². The van der Waals surface area contributed by atoms with Crippen LogP contribution in [-0.2, 0) is 11.8 Å². The summed E-state index contributed by atoms with van der Waals surface area (Å²) in [6.45, 7) is -0.147. The number of nitrogens with one attached hydrogen (secondary N) is 2. The molecule has 0 aliphatic heterocycles. The molecule has 2 N–H and O–H groups in total. The summed E-state index contributed by atoms with van der Waals surface area (Å²) in [6.07, 6.45) is -7.14. The van der Waals surface area contributed by atoms with Crippen molar-refractivity contribution in [3.8, 4) is 11.5 Å². The highest BCUT2D eigenvalue weighted by Gasteiger charge is 2.38. The fourth-order valence-corrected chi connectivity index (χ4v) is 4.58. The van der Waals surface area contributed by atoms with Gasteiger partial charge in [-0.05, 0) is 66.6 Å². The monoisotopic (exact) mass is 552 g/mol. The Hall–Kier alpha value is -3.89. The minimum absolute atomic E-state index is 0.0144. The number of alkyl halides is 6. The van der Waals surface area contributed by atoms with Crippen LogP contribution in [0.5, 0.6) is 11.5 Å². The number of ether oxygens (including phenoxy) is 2. The van der Waals surface area contributed by atoms with Gasteiger partial charge in [-0.25, -0.2) is 4.79 Å². The van der Waals surface area contributed by atoms with Crippen LogP contribution in [0.4, 0.5) is 31.1 Å². The lowest BCUT2D eigenvalue weighted by Gasteiger charge is -2.37. The van der Waals surface area contributed by atoms with Gasteiger partial charge in [-0.2, -0.15) is 0 Å². The lowest BCUT2D eigenvalue weighted by molar-refractivity contribution is -0.275. The van der Waals surface area contributed by atoms with Crippen LogP contribution in [0.1, 0.15) is 36.0 Å². The number of rotatable bonds is 9. The second kappa shape index (κ2) is 11.5. The minimum Gasteiger partial charge on any atom is -0.406 e. The Kier molecular flexibility index (Phi) is 8.27. The van der Waals surface area contributed by atoms with Crippen molar-refractivity contribution in [1.82, 2.24) is 10.6 Å². The number of benzene rings is 3. The van der Waals surface area contributed by atoms with Crippen LogP contribution in [0.25, 0.3) is 0 Å². The van der Waals surface area contributed by atoms with Crippen molar-refractivity contribution in [3.05, 3.63) is 95.6 Å². The zero-order chi connectivity index (χ0) is 28.1. The standard InChI is InChI=1S/C28H26F6N2O3/c29-27(30,31)38-23-13-4-9-20(15-23)26(17-19-7-2-1-3-8-19,18-35-25(37)36-22-11-6-12-22)21-10-5-14-24(16-21)39-28(32,33)34/h1-5,7-10,13-16,22H,6,11-12,17-18H2,(H2,35,36,37). The van der Waals surface area contributed by atoms with Crippen LogP contribution in [-0.4, -0.2) is 31.3 Å². The maximum atomic E-state index is 13.1. The molecule has 0 saturated heterocycles. The van der Waals surface area contributed by atoms with Gasteiger partial charge in [-0.3, -0.25) is 0 Å². The molecule has 0 heterocycles. The van der Waals surface area contributed by atoms with Crippen LogP contribution < -0.4 is 20.1 Å². The smallest absolute Gasteiger partial charge is 0.406 e. The van der Waals surface area contributed by atoms with Gasteiger partial charge in [0.2, 0.25) is 0 Å². The van der Waals surface area contributed by atoms with Gasteiger partial charge >= 0.3 is 18.8 Å². The van der Waals surface area contributed by atoms with Crippen LogP contribution >= 0.6 is 0 Å². The average Bonchev–Trinajstić information content (AvgIpc) is 2.83. The Labute approximate surface area is 221 Å². The van der Waals surface area contributed by atoms with Crippen LogP contribution in [0.15, 0.2) is 78.9 Å². The highest BCUT2D eigenvalue weighted by atomic mass is 19.4. The summed E-state index contributed by atoms with van der Waals surface area (Å²) in [7, 11) is 0. The van der Waals surface area contributed by atoms with Crippen molar-refractivity contribution in [1.29, 1.82) is 0 Å². The second-order valence-corrected chi connectivity index (χ2v) is 9.35. The van der Waals surface area contributed by atoms with E-state index in [4.69, 9.17) is 0 Å².